The average molecular weight is 807 g/mol. The van der Waals surface area contributed by atoms with E-state index in [9.17, 15) is 9.59 Å². The summed E-state index contributed by atoms with van der Waals surface area (Å²) in [7, 11) is 1.78. The molecule has 51 heavy (non-hydrogen) atoms. The Kier molecular flexibility index (Phi) is 19.7. The van der Waals surface area contributed by atoms with E-state index >= 15 is 0 Å². The fraction of sp³-hybridized carbons (Fsp3) is 0.156. The molecule has 0 spiro atoms. The van der Waals surface area contributed by atoms with Crippen LogP contribution in [0.25, 0.3) is 33.8 Å². The van der Waals surface area contributed by atoms with Crippen molar-refractivity contribution >= 4 is 70.3 Å². The van der Waals surface area contributed by atoms with Gasteiger partial charge in [0.1, 0.15) is 11.0 Å². The molecule has 0 unspecified atom stereocenters. The van der Waals surface area contributed by atoms with Gasteiger partial charge in [-0.25, -0.2) is 24.1 Å². The summed E-state index contributed by atoms with van der Waals surface area (Å²) in [5, 5.41) is 21.5. The SMILES string of the molecule is CCOC(=O)c1cc2nc(-c3ccc(Cl)cc3)cc(Cl)n2n1.CCOC(=O)c1cc2nc(-c3ccc(Cl)cc3)cc(NC)n2n1.O=CO[O-].[H-].[K+].[K+]. The van der Waals surface area contributed by atoms with Gasteiger partial charge < -0.3 is 26.4 Å². The second-order valence-electron chi connectivity index (χ2n) is 9.49. The number of anilines is 1. The molecule has 0 aliphatic carbocycles. The van der Waals surface area contributed by atoms with Crippen LogP contribution in [0.5, 0.6) is 0 Å². The molecule has 6 aromatic rings. The van der Waals surface area contributed by atoms with Crippen molar-refractivity contribution in [2.75, 3.05) is 25.6 Å². The van der Waals surface area contributed by atoms with Crippen molar-refractivity contribution in [1.29, 1.82) is 0 Å². The van der Waals surface area contributed by atoms with Crippen molar-refractivity contribution in [2.24, 2.45) is 0 Å². The van der Waals surface area contributed by atoms with Crippen molar-refractivity contribution in [3.63, 3.8) is 0 Å². The minimum atomic E-state index is -0.503. The van der Waals surface area contributed by atoms with E-state index in [4.69, 9.17) is 54.3 Å². The number of nitrogens with one attached hydrogen (secondary N) is 1. The topological polar surface area (TPSA) is 174 Å². The maximum absolute atomic E-state index is 11.8. The van der Waals surface area contributed by atoms with Crippen LogP contribution in [0.15, 0.2) is 72.8 Å². The number of ether oxygens (including phenoxy) is 2. The Labute approximate surface area is 393 Å². The van der Waals surface area contributed by atoms with Crippen LogP contribution in [0.2, 0.25) is 15.2 Å². The number of halogens is 3. The van der Waals surface area contributed by atoms with Gasteiger partial charge in [-0.05, 0) is 38.1 Å². The summed E-state index contributed by atoms with van der Waals surface area (Å²) in [6.07, 6.45) is 0. The molecule has 14 nitrogen and oxygen atoms in total. The van der Waals surface area contributed by atoms with Gasteiger partial charge in [0.2, 0.25) is 0 Å². The van der Waals surface area contributed by atoms with Crippen LogP contribution in [0.3, 0.4) is 0 Å². The normalized spacial score (nSPS) is 9.94. The molecule has 256 valence electrons. The number of hydrogen-bond acceptors (Lipinski definition) is 12. The Morgan fingerprint density at radius 1 is 0.765 bits per heavy atom. The smallest absolute Gasteiger partial charge is 1.00 e. The van der Waals surface area contributed by atoms with Crippen LogP contribution >= 0.6 is 34.8 Å². The van der Waals surface area contributed by atoms with E-state index in [2.05, 4.69) is 30.4 Å². The number of fused-ring (bicyclic) bond motifs is 2. The second-order valence-corrected chi connectivity index (χ2v) is 10.7. The molecular formula is C32H28Cl3K2N7O7. The summed E-state index contributed by atoms with van der Waals surface area (Å²) in [5.74, 6) is -0.249. The maximum atomic E-state index is 11.8. The Morgan fingerprint density at radius 2 is 1.18 bits per heavy atom. The van der Waals surface area contributed by atoms with Gasteiger partial charge in [0.15, 0.2) is 22.7 Å². The first-order chi connectivity index (χ1) is 23.6. The largest absolute Gasteiger partial charge is 1.00 e. The summed E-state index contributed by atoms with van der Waals surface area (Å²) in [6, 6.07) is 21.3. The van der Waals surface area contributed by atoms with Gasteiger partial charge in [-0.2, -0.15) is 14.7 Å². The van der Waals surface area contributed by atoms with E-state index in [1.165, 1.54) is 4.52 Å². The van der Waals surface area contributed by atoms with Gasteiger partial charge in [-0.1, -0.05) is 59.1 Å². The Hall–Kier alpha value is -2.01. The van der Waals surface area contributed by atoms with Crippen LogP contribution < -0.4 is 113 Å². The summed E-state index contributed by atoms with van der Waals surface area (Å²) in [4.78, 5) is 43.9. The predicted octanol–water partition coefficient (Wildman–Crippen LogP) is -0.297. The van der Waals surface area contributed by atoms with Crippen LogP contribution in [0.4, 0.5) is 5.82 Å². The maximum Gasteiger partial charge on any atom is 1.00 e. The molecule has 1 N–H and O–H groups in total. The average Bonchev–Trinajstić information content (AvgIpc) is 3.75. The fourth-order valence-corrected chi connectivity index (χ4v) is 4.72. The summed E-state index contributed by atoms with van der Waals surface area (Å²) >= 11 is 18.0. The molecule has 0 atom stereocenters. The fourth-order valence-electron chi connectivity index (χ4n) is 4.24. The first kappa shape index (κ1) is 45.2. The van der Waals surface area contributed by atoms with E-state index in [1.54, 1.807) is 55.7 Å². The number of aromatic nitrogens is 6. The number of carbonyl (C=O) groups excluding carboxylic acids is 3. The number of hydrogen-bond donors (Lipinski definition) is 1. The molecule has 0 bridgehead atoms. The number of nitrogens with zero attached hydrogens (tertiary/aromatic N) is 6. The van der Waals surface area contributed by atoms with Crippen LogP contribution in [-0.2, 0) is 19.2 Å². The summed E-state index contributed by atoms with van der Waals surface area (Å²) < 4.78 is 12.9. The van der Waals surface area contributed by atoms with E-state index in [0.29, 0.717) is 38.8 Å². The van der Waals surface area contributed by atoms with Crippen LogP contribution in [0, 0.1) is 0 Å². The van der Waals surface area contributed by atoms with E-state index < -0.39 is 11.9 Å². The van der Waals surface area contributed by atoms with Crippen molar-refractivity contribution in [3.05, 3.63) is 99.4 Å². The van der Waals surface area contributed by atoms with E-state index in [-0.39, 0.29) is 129 Å². The molecule has 0 fully saturated rings. The molecule has 0 saturated heterocycles. The molecule has 0 aliphatic rings. The van der Waals surface area contributed by atoms with Crippen molar-refractivity contribution in [3.8, 4) is 22.5 Å². The van der Waals surface area contributed by atoms with Crippen molar-refractivity contribution in [2.45, 2.75) is 13.8 Å². The molecule has 4 aromatic heterocycles. The zero-order valence-corrected chi connectivity index (χ0v) is 36.6. The van der Waals surface area contributed by atoms with Crippen molar-refractivity contribution < 1.29 is 138 Å². The molecule has 2 aromatic carbocycles. The Bertz CT molecular complexity index is 2090. The minimum Gasteiger partial charge on any atom is -1.00 e. The van der Waals surface area contributed by atoms with E-state index in [0.717, 1.165) is 22.6 Å². The Morgan fingerprint density at radius 3 is 1.59 bits per heavy atom. The molecule has 0 radical (unpaired) electrons. The van der Waals surface area contributed by atoms with Gasteiger partial charge in [0.25, 0.3) is 6.47 Å². The minimum absolute atomic E-state index is 0. The van der Waals surface area contributed by atoms with Crippen LogP contribution in [0.1, 0.15) is 36.3 Å². The molecular weight excluding hydrogens is 779 g/mol. The number of esters is 2. The molecule has 0 saturated carbocycles. The third-order valence-corrected chi connectivity index (χ3v) is 7.13. The Balaban J connectivity index is 0.000000448. The number of carbonyl (C=O) groups is 3. The first-order valence-electron chi connectivity index (χ1n) is 14.4. The first-order valence-corrected chi connectivity index (χ1v) is 15.5. The van der Waals surface area contributed by atoms with Gasteiger partial charge in [0, 0.05) is 52.5 Å². The molecule has 0 amide bonds. The molecule has 4 heterocycles. The molecule has 19 heteroatoms. The monoisotopic (exact) mass is 805 g/mol. The van der Waals surface area contributed by atoms with Crippen LogP contribution in [-0.4, -0.2) is 67.9 Å². The third-order valence-electron chi connectivity index (χ3n) is 6.36. The molecule has 0 aliphatic heterocycles. The number of rotatable bonds is 8. The van der Waals surface area contributed by atoms with E-state index in [1.807, 2.05) is 42.5 Å². The quantitative estimate of drug-likeness (QED) is 0.0533. The molecule has 6 rings (SSSR count). The second kappa shape index (κ2) is 22.3. The summed E-state index contributed by atoms with van der Waals surface area (Å²) in [5.41, 5.74) is 4.65. The third kappa shape index (κ3) is 12.3. The van der Waals surface area contributed by atoms with Gasteiger partial charge in [-0.15, -0.1) is 0 Å². The van der Waals surface area contributed by atoms with Gasteiger partial charge in [0.05, 0.1) is 24.6 Å². The van der Waals surface area contributed by atoms with Gasteiger partial charge in [-0.3, -0.25) is 4.79 Å². The predicted molar refractivity (Wildman–Crippen MR) is 182 cm³/mol. The summed E-state index contributed by atoms with van der Waals surface area (Å²) in [6.45, 7) is 3.89. The standard InChI is InChI=1S/C16H15ClN4O2.C15H11Cl2N3O2.CH2O3.2K.H/c1-3-23-16(22)13-9-15-19-12(8-14(18-2)21(15)20-13)10-4-6-11(17)7-5-10;1-2-22-15(21)12-8-14-18-11(7-13(17)20(14)19-12)9-3-5-10(16)6-4-9;2-1-4-3;;;/h4-9,18H,3H2,1-2H3;3-8H,2H2,1H3;1,3H;;;/q;;;2*+1;-1/p-1. The zero-order chi connectivity index (χ0) is 35.5. The number of benzene rings is 2. The van der Waals surface area contributed by atoms with Gasteiger partial charge >= 0.3 is 115 Å². The zero-order valence-electron chi connectivity index (χ0n) is 29.1. The van der Waals surface area contributed by atoms with Crippen molar-refractivity contribution in [1.82, 2.24) is 29.2 Å².